The van der Waals surface area contributed by atoms with E-state index >= 15 is 0 Å². The van der Waals surface area contributed by atoms with Gasteiger partial charge in [-0.15, -0.1) is 0 Å². The zero-order valence-corrected chi connectivity index (χ0v) is 13.1. The molecular weight excluding hydrogens is 328 g/mol. The Balaban J connectivity index is 1.90. The number of nitro benzene ring substituents is 1. The molecule has 0 unspecified atom stereocenters. The van der Waals surface area contributed by atoms with Gasteiger partial charge >= 0.3 is 0 Å². The first-order valence-corrected chi connectivity index (χ1v) is 8.98. The van der Waals surface area contributed by atoms with Gasteiger partial charge in [-0.2, -0.15) is 11.8 Å². The predicted octanol–water partition coefficient (Wildman–Crippen LogP) is 2.40. The summed E-state index contributed by atoms with van der Waals surface area (Å²) in [5.74, 6) is 1.98. The summed E-state index contributed by atoms with van der Waals surface area (Å²) in [7, 11) is -3.90. The molecule has 118 valence electrons. The number of nitrogens with one attached hydrogen (secondary N) is 1. The first kappa shape index (κ1) is 16.5. The van der Waals surface area contributed by atoms with Crippen LogP contribution in [0.25, 0.3) is 0 Å². The fraction of sp³-hybridized carbons (Fsp3) is 0.231. The molecule has 0 fully saturated rings. The summed E-state index contributed by atoms with van der Waals surface area (Å²) < 4.78 is 31.7. The number of thioether (sulfide) groups is 1. The van der Waals surface area contributed by atoms with Gasteiger partial charge in [0.25, 0.3) is 5.69 Å². The fourth-order valence-corrected chi connectivity index (χ4v) is 3.82. The molecule has 2 rings (SSSR count). The lowest BCUT2D eigenvalue weighted by molar-refractivity contribution is -0.387. The van der Waals surface area contributed by atoms with Crippen LogP contribution in [0.1, 0.15) is 5.76 Å². The van der Waals surface area contributed by atoms with Crippen molar-refractivity contribution < 1.29 is 17.8 Å². The van der Waals surface area contributed by atoms with E-state index in [1.807, 2.05) is 6.07 Å². The molecule has 0 aliphatic rings. The number of hydrogen-bond acceptors (Lipinski definition) is 6. The van der Waals surface area contributed by atoms with E-state index in [-0.39, 0.29) is 11.4 Å². The van der Waals surface area contributed by atoms with Crippen molar-refractivity contribution in [3.63, 3.8) is 0 Å². The Labute approximate surface area is 131 Å². The molecule has 0 atom stereocenters. The Morgan fingerprint density at radius 3 is 2.68 bits per heavy atom. The van der Waals surface area contributed by atoms with Crippen LogP contribution < -0.4 is 4.72 Å². The van der Waals surface area contributed by atoms with Crippen LogP contribution >= 0.6 is 11.8 Å². The van der Waals surface area contributed by atoms with Crippen LogP contribution in [-0.2, 0) is 15.8 Å². The number of para-hydroxylation sites is 1. The number of nitro groups is 1. The molecule has 1 aromatic carbocycles. The predicted molar refractivity (Wildman–Crippen MR) is 83.2 cm³/mol. The third-order valence-electron chi connectivity index (χ3n) is 2.71. The molecule has 1 N–H and O–H groups in total. The summed E-state index contributed by atoms with van der Waals surface area (Å²) in [6, 6.07) is 8.89. The SMILES string of the molecule is O=[N+]([O-])c1ccccc1S(=O)(=O)NCCSCc1ccco1. The van der Waals surface area contributed by atoms with Crippen LogP contribution in [0, 0.1) is 10.1 Å². The molecule has 0 aliphatic carbocycles. The van der Waals surface area contributed by atoms with Gasteiger partial charge in [-0.05, 0) is 18.2 Å². The fourth-order valence-electron chi connectivity index (χ4n) is 1.73. The van der Waals surface area contributed by atoms with Crippen LogP contribution in [0.5, 0.6) is 0 Å². The van der Waals surface area contributed by atoms with Crippen molar-refractivity contribution in [3.05, 3.63) is 58.5 Å². The van der Waals surface area contributed by atoms with Crippen LogP contribution in [-0.4, -0.2) is 25.6 Å². The molecule has 9 heteroatoms. The van der Waals surface area contributed by atoms with Crippen LogP contribution in [0.4, 0.5) is 5.69 Å². The standard InChI is InChI=1S/C13H14N2O5S2/c16-15(17)12-5-1-2-6-13(12)22(18,19)14-7-9-21-10-11-4-3-8-20-11/h1-6,8,14H,7,9-10H2. The van der Waals surface area contributed by atoms with Crippen molar-refractivity contribution in [2.45, 2.75) is 10.6 Å². The number of hydrogen-bond donors (Lipinski definition) is 1. The van der Waals surface area contributed by atoms with Crippen molar-refractivity contribution >= 4 is 27.5 Å². The molecular formula is C13H14N2O5S2. The number of nitrogens with zero attached hydrogens (tertiary/aromatic N) is 1. The minimum atomic E-state index is -3.90. The van der Waals surface area contributed by atoms with E-state index in [2.05, 4.69) is 4.72 Å². The summed E-state index contributed by atoms with van der Waals surface area (Å²) in [6.07, 6.45) is 1.58. The molecule has 7 nitrogen and oxygen atoms in total. The van der Waals surface area contributed by atoms with Crippen molar-refractivity contribution in [1.82, 2.24) is 4.72 Å². The highest BCUT2D eigenvalue weighted by molar-refractivity contribution is 7.98. The number of sulfonamides is 1. The minimum Gasteiger partial charge on any atom is -0.468 e. The first-order chi connectivity index (χ1) is 10.5. The van der Waals surface area contributed by atoms with Gasteiger partial charge in [0.05, 0.1) is 16.9 Å². The van der Waals surface area contributed by atoms with E-state index in [9.17, 15) is 18.5 Å². The summed E-state index contributed by atoms with van der Waals surface area (Å²) in [5, 5.41) is 10.9. The van der Waals surface area contributed by atoms with E-state index in [0.29, 0.717) is 11.5 Å². The lowest BCUT2D eigenvalue weighted by atomic mass is 10.3. The Bertz CT molecular complexity index is 729. The third kappa shape index (κ3) is 4.33. The normalized spacial score (nSPS) is 11.5. The quantitative estimate of drug-likeness (QED) is 0.449. The maximum Gasteiger partial charge on any atom is 0.289 e. The van der Waals surface area contributed by atoms with Gasteiger partial charge in [0.2, 0.25) is 10.0 Å². The second kappa shape index (κ2) is 7.43. The van der Waals surface area contributed by atoms with E-state index in [4.69, 9.17) is 4.42 Å². The maximum atomic E-state index is 12.1. The average molecular weight is 342 g/mol. The molecule has 2 aromatic rings. The van der Waals surface area contributed by atoms with Crippen molar-refractivity contribution in [2.24, 2.45) is 0 Å². The second-order valence-corrected chi connectivity index (χ2v) is 7.10. The van der Waals surface area contributed by atoms with Crippen LogP contribution in [0.15, 0.2) is 52.0 Å². The average Bonchev–Trinajstić information content (AvgIpc) is 3.00. The highest BCUT2D eigenvalue weighted by Gasteiger charge is 2.24. The molecule has 1 heterocycles. The minimum absolute atomic E-state index is 0.180. The number of benzene rings is 1. The van der Waals surface area contributed by atoms with Gasteiger partial charge in [0, 0.05) is 18.4 Å². The zero-order chi connectivity index (χ0) is 16.0. The largest absolute Gasteiger partial charge is 0.468 e. The molecule has 22 heavy (non-hydrogen) atoms. The van der Waals surface area contributed by atoms with Gasteiger partial charge in [-0.3, -0.25) is 10.1 Å². The van der Waals surface area contributed by atoms with E-state index < -0.39 is 20.6 Å². The molecule has 0 amide bonds. The first-order valence-electron chi connectivity index (χ1n) is 6.34. The topological polar surface area (TPSA) is 102 Å². The molecule has 0 spiro atoms. The Morgan fingerprint density at radius 1 is 1.23 bits per heavy atom. The maximum absolute atomic E-state index is 12.1. The van der Waals surface area contributed by atoms with Crippen molar-refractivity contribution in [1.29, 1.82) is 0 Å². The zero-order valence-electron chi connectivity index (χ0n) is 11.5. The smallest absolute Gasteiger partial charge is 0.289 e. The summed E-state index contributed by atoms with van der Waals surface area (Å²) in [5.41, 5.74) is -0.432. The summed E-state index contributed by atoms with van der Waals surface area (Å²) >= 11 is 1.50. The van der Waals surface area contributed by atoms with Crippen molar-refractivity contribution in [3.8, 4) is 0 Å². The molecule has 0 radical (unpaired) electrons. The number of furan rings is 1. The van der Waals surface area contributed by atoms with Crippen molar-refractivity contribution in [2.75, 3.05) is 12.3 Å². The van der Waals surface area contributed by atoms with E-state index in [1.54, 1.807) is 12.3 Å². The van der Waals surface area contributed by atoms with Gasteiger partial charge < -0.3 is 4.42 Å². The Kier molecular flexibility index (Phi) is 5.58. The van der Waals surface area contributed by atoms with Gasteiger partial charge in [-0.25, -0.2) is 13.1 Å². The van der Waals surface area contributed by atoms with E-state index in [1.165, 1.54) is 36.0 Å². The summed E-state index contributed by atoms with van der Waals surface area (Å²) in [6.45, 7) is 0.180. The monoisotopic (exact) mass is 342 g/mol. The third-order valence-corrected chi connectivity index (χ3v) is 5.20. The summed E-state index contributed by atoms with van der Waals surface area (Å²) in [4.78, 5) is 9.84. The van der Waals surface area contributed by atoms with Crippen LogP contribution in [0.2, 0.25) is 0 Å². The Hall–Kier alpha value is -1.84. The lowest BCUT2D eigenvalue weighted by Gasteiger charge is -2.06. The van der Waals surface area contributed by atoms with Gasteiger partial charge in [-0.1, -0.05) is 12.1 Å². The highest BCUT2D eigenvalue weighted by atomic mass is 32.2. The molecule has 1 aromatic heterocycles. The molecule has 0 bridgehead atoms. The highest BCUT2D eigenvalue weighted by Crippen LogP contribution is 2.22. The number of rotatable bonds is 8. The van der Waals surface area contributed by atoms with Gasteiger partial charge in [0.15, 0.2) is 4.90 Å². The lowest BCUT2D eigenvalue weighted by Crippen LogP contribution is -2.26. The van der Waals surface area contributed by atoms with Crippen LogP contribution in [0.3, 0.4) is 0 Å². The Morgan fingerprint density at radius 2 is 2.00 bits per heavy atom. The van der Waals surface area contributed by atoms with E-state index in [0.717, 1.165) is 5.76 Å². The molecule has 0 aliphatic heterocycles. The molecule has 0 saturated carbocycles. The van der Waals surface area contributed by atoms with Gasteiger partial charge in [0.1, 0.15) is 5.76 Å². The second-order valence-electron chi connectivity index (χ2n) is 4.25. The molecule has 0 saturated heterocycles.